The fourth-order valence-electron chi connectivity index (χ4n) is 0.960. The molecule has 0 bridgehead atoms. The minimum absolute atomic E-state index is 0. The Morgan fingerprint density at radius 2 is 1.53 bits per heavy atom. The molecular formula is C8H3Cl2NaO4. The maximum Gasteiger partial charge on any atom is 1.00 e. The van der Waals surface area contributed by atoms with Gasteiger partial charge in [0.25, 0.3) is 0 Å². The van der Waals surface area contributed by atoms with Crippen LogP contribution < -0.4 is 34.7 Å². The van der Waals surface area contributed by atoms with Crippen LogP contribution in [0.15, 0.2) is 12.1 Å². The molecule has 1 rings (SSSR count). The van der Waals surface area contributed by atoms with Gasteiger partial charge in [0.15, 0.2) is 0 Å². The van der Waals surface area contributed by atoms with Crippen LogP contribution in [0.2, 0.25) is 10.0 Å². The third kappa shape index (κ3) is 3.09. The van der Waals surface area contributed by atoms with Crippen LogP contribution in [0, 0.1) is 0 Å². The number of hydrogen-bond donors (Lipinski definition) is 1. The number of rotatable bonds is 2. The molecule has 0 aliphatic rings. The molecule has 15 heavy (non-hydrogen) atoms. The van der Waals surface area contributed by atoms with E-state index in [4.69, 9.17) is 28.3 Å². The quantitative estimate of drug-likeness (QED) is 0.625. The van der Waals surface area contributed by atoms with E-state index in [9.17, 15) is 14.7 Å². The summed E-state index contributed by atoms with van der Waals surface area (Å²) in [5.41, 5.74) is -1.16. The fourth-order valence-corrected chi connectivity index (χ4v) is 1.43. The molecule has 1 N–H and O–H groups in total. The standard InChI is InChI=1S/C8H4Cl2O4.Na/c9-3-1-2-4(10)6(8(13)14)5(3)7(11)12;/h1-2H,(H,11,12)(H,13,14);/q;+1/p-1. The van der Waals surface area contributed by atoms with Crippen LogP contribution in [0.5, 0.6) is 0 Å². The second kappa shape index (κ2) is 5.72. The van der Waals surface area contributed by atoms with Gasteiger partial charge in [-0.3, -0.25) is 0 Å². The molecule has 1 aromatic rings. The van der Waals surface area contributed by atoms with Gasteiger partial charge in [0.05, 0.1) is 21.6 Å². The Balaban J connectivity index is 0.00000196. The first kappa shape index (κ1) is 14.7. The van der Waals surface area contributed by atoms with Crippen molar-refractivity contribution in [3.05, 3.63) is 33.3 Å². The first-order valence-corrected chi connectivity index (χ1v) is 4.13. The van der Waals surface area contributed by atoms with Gasteiger partial charge in [0, 0.05) is 5.56 Å². The van der Waals surface area contributed by atoms with Gasteiger partial charge in [-0.2, -0.15) is 0 Å². The van der Waals surface area contributed by atoms with Gasteiger partial charge in [-0.1, -0.05) is 23.2 Å². The molecular weight excluding hydrogens is 254 g/mol. The molecule has 0 aromatic heterocycles. The fraction of sp³-hybridized carbons (Fsp3) is 0. The third-order valence-corrected chi connectivity index (χ3v) is 2.15. The van der Waals surface area contributed by atoms with E-state index >= 15 is 0 Å². The molecule has 0 radical (unpaired) electrons. The summed E-state index contributed by atoms with van der Waals surface area (Å²) in [6.45, 7) is 0. The Morgan fingerprint density at radius 3 is 1.80 bits per heavy atom. The van der Waals surface area contributed by atoms with Crippen molar-refractivity contribution in [1.29, 1.82) is 0 Å². The van der Waals surface area contributed by atoms with E-state index in [1.54, 1.807) is 0 Å². The number of benzene rings is 1. The smallest absolute Gasteiger partial charge is 0.545 e. The van der Waals surface area contributed by atoms with E-state index < -0.39 is 23.1 Å². The first-order valence-electron chi connectivity index (χ1n) is 3.37. The first-order chi connectivity index (χ1) is 6.45. The monoisotopic (exact) mass is 256 g/mol. The average molecular weight is 257 g/mol. The summed E-state index contributed by atoms with van der Waals surface area (Å²) in [7, 11) is 0. The molecule has 0 spiro atoms. The van der Waals surface area contributed by atoms with E-state index in [1.807, 2.05) is 0 Å². The normalized spacial score (nSPS) is 9.20. The minimum Gasteiger partial charge on any atom is -0.545 e. The largest absolute Gasteiger partial charge is 1.00 e. The van der Waals surface area contributed by atoms with Crippen LogP contribution in [0.25, 0.3) is 0 Å². The molecule has 0 atom stereocenters. The maximum absolute atomic E-state index is 10.7. The van der Waals surface area contributed by atoms with Crippen LogP contribution >= 0.6 is 23.2 Å². The molecule has 0 amide bonds. The molecule has 0 fully saturated rings. The number of hydrogen-bond acceptors (Lipinski definition) is 3. The Kier molecular flexibility index (Phi) is 5.62. The number of carbonyl (C=O) groups is 2. The summed E-state index contributed by atoms with van der Waals surface area (Å²) in [4.78, 5) is 21.2. The number of carboxylic acids is 2. The molecule has 74 valence electrons. The molecule has 4 nitrogen and oxygen atoms in total. The zero-order chi connectivity index (χ0) is 10.9. The molecule has 0 aliphatic carbocycles. The molecule has 0 heterocycles. The van der Waals surface area contributed by atoms with Gasteiger partial charge in [-0.25, -0.2) is 4.79 Å². The summed E-state index contributed by atoms with van der Waals surface area (Å²) in [6.07, 6.45) is 0. The van der Waals surface area contributed by atoms with Crippen molar-refractivity contribution in [3.8, 4) is 0 Å². The SMILES string of the molecule is O=C([O-])c1c(Cl)ccc(Cl)c1C(=O)O.[Na+]. The van der Waals surface area contributed by atoms with E-state index in [1.165, 1.54) is 12.1 Å². The van der Waals surface area contributed by atoms with Gasteiger partial charge < -0.3 is 15.0 Å². The average Bonchev–Trinajstić information content (AvgIpc) is 2.07. The van der Waals surface area contributed by atoms with Gasteiger partial charge in [0.1, 0.15) is 0 Å². The van der Waals surface area contributed by atoms with Crippen molar-refractivity contribution >= 4 is 35.1 Å². The molecule has 0 aliphatic heterocycles. The van der Waals surface area contributed by atoms with Crippen molar-refractivity contribution in [2.45, 2.75) is 0 Å². The van der Waals surface area contributed by atoms with Crippen molar-refractivity contribution in [1.82, 2.24) is 0 Å². The zero-order valence-corrected chi connectivity index (χ0v) is 11.1. The van der Waals surface area contributed by atoms with Gasteiger partial charge in [-0.15, -0.1) is 0 Å². The Morgan fingerprint density at radius 1 is 1.13 bits per heavy atom. The maximum atomic E-state index is 10.7. The summed E-state index contributed by atoms with van der Waals surface area (Å²) in [5, 5.41) is 18.9. The summed E-state index contributed by atoms with van der Waals surface area (Å²) >= 11 is 11.0. The van der Waals surface area contributed by atoms with Gasteiger partial charge in [0.2, 0.25) is 0 Å². The van der Waals surface area contributed by atoms with Crippen molar-refractivity contribution < 1.29 is 49.4 Å². The van der Waals surface area contributed by atoms with E-state index in [-0.39, 0.29) is 39.6 Å². The van der Waals surface area contributed by atoms with Crippen molar-refractivity contribution in [2.24, 2.45) is 0 Å². The Hall–Kier alpha value is -0.260. The van der Waals surface area contributed by atoms with Gasteiger partial charge >= 0.3 is 35.5 Å². The van der Waals surface area contributed by atoms with Crippen LogP contribution in [0.3, 0.4) is 0 Å². The molecule has 0 unspecified atom stereocenters. The number of aromatic carboxylic acids is 2. The predicted octanol–water partition coefficient (Wildman–Crippen LogP) is -1.94. The summed E-state index contributed by atoms with van der Waals surface area (Å²) in [6, 6.07) is 2.40. The number of carboxylic acid groups (broad SMARTS) is 2. The van der Waals surface area contributed by atoms with Crippen LogP contribution in [0.1, 0.15) is 20.7 Å². The van der Waals surface area contributed by atoms with Crippen LogP contribution in [0.4, 0.5) is 0 Å². The zero-order valence-electron chi connectivity index (χ0n) is 7.58. The van der Waals surface area contributed by atoms with E-state index in [2.05, 4.69) is 0 Å². The van der Waals surface area contributed by atoms with E-state index in [0.717, 1.165) is 0 Å². The molecule has 7 heteroatoms. The van der Waals surface area contributed by atoms with E-state index in [0.29, 0.717) is 0 Å². The summed E-state index contributed by atoms with van der Waals surface area (Å²) in [5.74, 6) is -3.13. The number of carbonyl (C=O) groups excluding carboxylic acids is 1. The molecule has 0 saturated heterocycles. The van der Waals surface area contributed by atoms with Crippen LogP contribution in [-0.2, 0) is 0 Å². The topological polar surface area (TPSA) is 77.4 Å². The predicted molar refractivity (Wildman–Crippen MR) is 47.8 cm³/mol. The van der Waals surface area contributed by atoms with Crippen molar-refractivity contribution in [3.63, 3.8) is 0 Å². The van der Waals surface area contributed by atoms with Gasteiger partial charge in [-0.05, 0) is 12.1 Å². The number of halogens is 2. The van der Waals surface area contributed by atoms with Crippen molar-refractivity contribution in [2.75, 3.05) is 0 Å². The second-order valence-electron chi connectivity index (χ2n) is 2.37. The molecule has 1 aromatic carbocycles. The third-order valence-electron chi connectivity index (χ3n) is 1.52. The second-order valence-corrected chi connectivity index (χ2v) is 3.19. The summed E-state index contributed by atoms with van der Waals surface area (Å²) < 4.78 is 0. The van der Waals surface area contributed by atoms with Crippen LogP contribution in [-0.4, -0.2) is 17.0 Å². The molecule has 0 saturated carbocycles. The Bertz CT molecular complexity index is 380. The minimum atomic E-state index is -1.67. The Labute approximate surface area is 117 Å².